The molecule has 1 atom stereocenters. The largest absolute Gasteiger partial charge is 0.493 e. The second kappa shape index (κ2) is 10.1. The number of hydrogen-bond acceptors (Lipinski definition) is 6. The Kier molecular flexibility index (Phi) is 7.32. The third-order valence-electron chi connectivity index (χ3n) is 4.58. The molecular formula is C22H24N2O6S. The zero-order valence-electron chi connectivity index (χ0n) is 17.2. The Labute approximate surface area is 181 Å². The molecule has 0 saturated heterocycles. The predicted octanol–water partition coefficient (Wildman–Crippen LogP) is 2.50. The van der Waals surface area contributed by atoms with Crippen LogP contribution in [-0.4, -0.2) is 34.6 Å². The summed E-state index contributed by atoms with van der Waals surface area (Å²) in [5, 5.41) is 2.72. The smallest absolute Gasteiger partial charge is 0.241 e. The Morgan fingerprint density at radius 3 is 2.39 bits per heavy atom. The second-order valence-electron chi connectivity index (χ2n) is 6.68. The van der Waals surface area contributed by atoms with E-state index in [9.17, 15) is 13.2 Å². The van der Waals surface area contributed by atoms with E-state index in [0.29, 0.717) is 11.5 Å². The summed E-state index contributed by atoms with van der Waals surface area (Å²) in [5.74, 6) is 0.768. The van der Waals surface area contributed by atoms with Crippen LogP contribution in [0.3, 0.4) is 0 Å². The van der Waals surface area contributed by atoms with Crippen molar-refractivity contribution in [1.29, 1.82) is 0 Å². The van der Waals surface area contributed by atoms with Gasteiger partial charge in [0, 0.05) is 6.07 Å². The first-order chi connectivity index (χ1) is 14.9. The first-order valence-corrected chi connectivity index (χ1v) is 11.0. The molecule has 1 heterocycles. The standard InChI is InChI=1S/C22H24N2O6S/c1-28-20-11-10-18(14-21(20)29-2)31(26,27)24-19(13-16-7-4-3-5-8-16)22(25)23-15-17-9-6-12-30-17/h3-12,14,19,24H,13,15H2,1-2H3,(H,23,25)/t19-/m0/s1. The van der Waals surface area contributed by atoms with Crippen LogP contribution < -0.4 is 19.5 Å². The Balaban J connectivity index is 1.83. The fourth-order valence-electron chi connectivity index (χ4n) is 2.99. The van der Waals surface area contributed by atoms with E-state index in [2.05, 4.69) is 10.0 Å². The molecule has 31 heavy (non-hydrogen) atoms. The molecule has 3 rings (SSSR count). The molecule has 2 aromatic carbocycles. The maximum absolute atomic E-state index is 13.0. The van der Waals surface area contributed by atoms with Crippen LogP contribution in [-0.2, 0) is 27.8 Å². The number of ether oxygens (including phenoxy) is 2. The van der Waals surface area contributed by atoms with Gasteiger partial charge in [0.05, 0.1) is 31.9 Å². The fourth-order valence-corrected chi connectivity index (χ4v) is 4.20. The van der Waals surface area contributed by atoms with Gasteiger partial charge in [-0.05, 0) is 36.2 Å². The van der Waals surface area contributed by atoms with E-state index in [-0.39, 0.29) is 23.6 Å². The molecule has 164 valence electrons. The number of amides is 1. The first-order valence-electron chi connectivity index (χ1n) is 9.51. The SMILES string of the molecule is COc1ccc(S(=O)(=O)N[C@@H](Cc2ccccc2)C(=O)NCc2ccco2)cc1OC. The third kappa shape index (κ3) is 5.87. The van der Waals surface area contributed by atoms with Gasteiger partial charge in [0.1, 0.15) is 11.8 Å². The zero-order valence-corrected chi connectivity index (χ0v) is 18.0. The van der Waals surface area contributed by atoms with E-state index in [1.807, 2.05) is 30.3 Å². The molecule has 2 N–H and O–H groups in total. The lowest BCUT2D eigenvalue weighted by atomic mass is 10.1. The number of furan rings is 1. The Morgan fingerprint density at radius 2 is 1.74 bits per heavy atom. The molecule has 0 aliphatic carbocycles. The van der Waals surface area contributed by atoms with Crippen molar-refractivity contribution in [2.75, 3.05) is 14.2 Å². The molecule has 0 aliphatic rings. The molecule has 0 aliphatic heterocycles. The van der Waals surface area contributed by atoms with E-state index in [0.717, 1.165) is 5.56 Å². The predicted molar refractivity (Wildman–Crippen MR) is 114 cm³/mol. The van der Waals surface area contributed by atoms with Crippen molar-refractivity contribution in [2.45, 2.75) is 23.9 Å². The van der Waals surface area contributed by atoms with Crippen LogP contribution in [0.5, 0.6) is 11.5 Å². The normalized spacial score (nSPS) is 12.2. The van der Waals surface area contributed by atoms with Gasteiger partial charge >= 0.3 is 0 Å². The lowest BCUT2D eigenvalue weighted by Gasteiger charge is -2.19. The van der Waals surface area contributed by atoms with Gasteiger partial charge in [-0.1, -0.05) is 30.3 Å². The van der Waals surface area contributed by atoms with Gasteiger partial charge in [-0.2, -0.15) is 4.72 Å². The molecule has 0 saturated carbocycles. The summed E-state index contributed by atoms with van der Waals surface area (Å²) in [6.07, 6.45) is 1.68. The van der Waals surface area contributed by atoms with Gasteiger partial charge in [0.25, 0.3) is 0 Å². The van der Waals surface area contributed by atoms with Gasteiger partial charge in [-0.3, -0.25) is 4.79 Å². The summed E-state index contributed by atoms with van der Waals surface area (Å²) in [4.78, 5) is 12.8. The van der Waals surface area contributed by atoms with Gasteiger partial charge in [-0.25, -0.2) is 8.42 Å². The van der Waals surface area contributed by atoms with Gasteiger partial charge in [0.2, 0.25) is 15.9 Å². The summed E-state index contributed by atoms with van der Waals surface area (Å²) in [7, 11) is -1.14. The summed E-state index contributed by atoms with van der Waals surface area (Å²) >= 11 is 0. The van der Waals surface area contributed by atoms with Crippen molar-refractivity contribution >= 4 is 15.9 Å². The average Bonchev–Trinajstić information content (AvgIpc) is 3.30. The minimum Gasteiger partial charge on any atom is -0.493 e. The van der Waals surface area contributed by atoms with Gasteiger partial charge in [-0.15, -0.1) is 0 Å². The van der Waals surface area contributed by atoms with Crippen molar-refractivity contribution in [3.63, 3.8) is 0 Å². The van der Waals surface area contributed by atoms with Crippen LogP contribution in [0, 0.1) is 0 Å². The van der Waals surface area contributed by atoms with Crippen LogP contribution in [0.2, 0.25) is 0 Å². The highest BCUT2D eigenvalue weighted by Gasteiger charge is 2.27. The van der Waals surface area contributed by atoms with Crippen LogP contribution in [0.4, 0.5) is 0 Å². The highest BCUT2D eigenvalue weighted by Crippen LogP contribution is 2.29. The Bertz CT molecular complexity index is 1100. The number of sulfonamides is 1. The molecule has 0 radical (unpaired) electrons. The molecule has 1 amide bonds. The second-order valence-corrected chi connectivity index (χ2v) is 8.39. The number of hydrogen-bond donors (Lipinski definition) is 2. The van der Waals surface area contributed by atoms with E-state index < -0.39 is 22.0 Å². The summed E-state index contributed by atoms with van der Waals surface area (Å²) in [5.41, 5.74) is 0.815. The van der Waals surface area contributed by atoms with Crippen LogP contribution in [0.25, 0.3) is 0 Å². The monoisotopic (exact) mass is 444 g/mol. The number of benzene rings is 2. The van der Waals surface area contributed by atoms with E-state index in [4.69, 9.17) is 13.9 Å². The van der Waals surface area contributed by atoms with Gasteiger partial charge in [0.15, 0.2) is 11.5 Å². The molecule has 9 heteroatoms. The molecule has 0 fully saturated rings. The lowest BCUT2D eigenvalue weighted by molar-refractivity contribution is -0.122. The number of carbonyl (C=O) groups is 1. The first kappa shape index (κ1) is 22.4. The lowest BCUT2D eigenvalue weighted by Crippen LogP contribution is -2.47. The Hall–Kier alpha value is -3.30. The molecule has 0 unspecified atom stereocenters. The van der Waals surface area contributed by atoms with Crippen LogP contribution >= 0.6 is 0 Å². The highest BCUT2D eigenvalue weighted by molar-refractivity contribution is 7.89. The van der Waals surface area contributed by atoms with E-state index in [1.165, 1.54) is 38.7 Å². The zero-order chi connectivity index (χ0) is 22.3. The number of nitrogens with one attached hydrogen (secondary N) is 2. The maximum Gasteiger partial charge on any atom is 0.241 e. The third-order valence-corrected chi connectivity index (χ3v) is 6.05. The molecule has 0 spiro atoms. The number of methoxy groups -OCH3 is 2. The van der Waals surface area contributed by atoms with E-state index in [1.54, 1.807) is 12.1 Å². The highest BCUT2D eigenvalue weighted by atomic mass is 32.2. The number of carbonyl (C=O) groups excluding carboxylic acids is 1. The quantitative estimate of drug-likeness (QED) is 0.498. The van der Waals surface area contributed by atoms with Crippen LogP contribution in [0.15, 0.2) is 76.2 Å². The van der Waals surface area contributed by atoms with E-state index >= 15 is 0 Å². The average molecular weight is 445 g/mol. The molecule has 0 bridgehead atoms. The summed E-state index contributed by atoms with van der Waals surface area (Å²) in [6.45, 7) is 0.148. The molecule has 8 nitrogen and oxygen atoms in total. The summed E-state index contributed by atoms with van der Waals surface area (Å²) < 4.78 is 44.1. The molecular weight excluding hydrogens is 420 g/mol. The van der Waals surface area contributed by atoms with Crippen molar-refractivity contribution in [3.05, 3.63) is 78.3 Å². The van der Waals surface area contributed by atoms with Crippen LogP contribution in [0.1, 0.15) is 11.3 Å². The van der Waals surface area contributed by atoms with Crippen molar-refractivity contribution in [3.8, 4) is 11.5 Å². The van der Waals surface area contributed by atoms with Gasteiger partial charge < -0.3 is 19.2 Å². The van der Waals surface area contributed by atoms with Crippen molar-refractivity contribution in [1.82, 2.24) is 10.0 Å². The Morgan fingerprint density at radius 1 is 1.00 bits per heavy atom. The minimum absolute atomic E-state index is 0.0398. The fraction of sp³-hybridized carbons (Fsp3) is 0.227. The topological polar surface area (TPSA) is 107 Å². The minimum atomic E-state index is -4.02. The maximum atomic E-state index is 13.0. The van der Waals surface area contributed by atoms with Crippen molar-refractivity contribution in [2.24, 2.45) is 0 Å². The summed E-state index contributed by atoms with van der Waals surface area (Å²) in [6, 6.07) is 15.8. The number of rotatable bonds is 10. The van der Waals surface area contributed by atoms with Crippen molar-refractivity contribution < 1.29 is 27.1 Å². The molecule has 1 aromatic heterocycles. The molecule has 3 aromatic rings.